The molecular weight excluding hydrogens is 328 g/mol. The average molecular weight is 350 g/mol. The van der Waals surface area contributed by atoms with Gasteiger partial charge in [-0.05, 0) is 44.8 Å². The molecule has 6 heteroatoms. The van der Waals surface area contributed by atoms with Crippen LogP contribution >= 0.6 is 0 Å². The summed E-state index contributed by atoms with van der Waals surface area (Å²) in [5.74, 6) is -0.0591. The van der Waals surface area contributed by atoms with E-state index in [2.05, 4.69) is 14.9 Å². The molecule has 6 nitrogen and oxygen atoms in total. The summed E-state index contributed by atoms with van der Waals surface area (Å²) in [5, 5.41) is 9.43. The molecule has 2 heterocycles. The molecule has 3 rings (SSSR count). The van der Waals surface area contributed by atoms with Crippen LogP contribution in [-0.4, -0.2) is 51.6 Å². The number of H-pyrrole nitrogens is 1. The molecule has 0 spiro atoms. The second kappa shape index (κ2) is 7.49. The molecule has 0 aliphatic heterocycles. The van der Waals surface area contributed by atoms with Crippen molar-refractivity contribution in [2.24, 2.45) is 0 Å². The van der Waals surface area contributed by atoms with E-state index in [0.717, 1.165) is 46.9 Å². The van der Waals surface area contributed by atoms with Crippen molar-refractivity contribution in [3.05, 3.63) is 59.7 Å². The lowest BCUT2D eigenvalue weighted by atomic mass is 10.0. The van der Waals surface area contributed by atoms with Crippen molar-refractivity contribution < 1.29 is 9.90 Å². The first-order valence-corrected chi connectivity index (χ1v) is 8.44. The van der Waals surface area contributed by atoms with Gasteiger partial charge in [-0.3, -0.25) is 4.98 Å². The van der Waals surface area contributed by atoms with Crippen molar-refractivity contribution in [3.63, 3.8) is 0 Å². The summed E-state index contributed by atoms with van der Waals surface area (Å²) in [6.45, 7) is 2.67. The Morgan fingerprint density at radius 2 is 1.88 bits per heavy atom. The number of carboxylic acid groups (broad SMARTS) is 1. The van der Waals surface area contributed by atoms with Gasteiger partial charge in [0.15, 0.2) is 0 Å². The fraction of sp³-hybridized carbons (Fsp3) is 0.250. The number of carbonyl (C=O) groups is 1. The Kier molecular flexibility index (Phi) is 5.14. The van der Waals surface area contributed by atoms with E-state index in [-0.39, 0.29) is 0 Å². The normalized spacial score (nSPS) is 11.1. The fourth-order valence-electron chi connectivity index (χ4n) is 2.81. The van der Waals surface area contributed by atoms with Crippen LogP contribution in [0.2, 0.25) is 0 Å². The zero-order chi connectivity index (χ0) is 18.7. The molecule has 3 aromatic rings. The number of aromatic nitrogens is 3. The maximum absolute atomic E-state index is 11.5. The lowest BCUT2D eigenvalue weighted by Crippen LogP contribution is -2.15. The maximum Gasteiger partial charge on any atom is 0.335 e. The predicted molar refractivity (Wildman–Crippen MR) is 101 cm³/mol. The summed E-state index contributed by atoms with van der Waals surface area (Å²) in [5.41, 5.74) is 4.41. The molecule has 0 unspecified atom stereocenters. The Hall–Kier alpha value is -2.99. The minimum absolute atomic E-state index is 0.293. The van der Waals surface area contributed by atoms with Crippen molar-refractivity contribution in [1.29, 1.82) is 0 Å². The van der Waals surface area contributed by atoms with Crippen LogP contribution < -0.4 is 0 Å². The van der Waals surface area contributed by atoms with Crippen molar-refractivity contribution in [1.82, 2.24) is 19.9 Å². The number of imidazole rings is 1. The van der Waals surface area contributed by atoms with E-state index in [1.54, 1.807) is 25.4 Å². The van der Waals surface area contributed by atoms with Gasteiger partial charge in [0.1, 0.15) is 5.82 Å². The van der Waals surface area contributed by atoms with E-state index >= 15 is 0 Å². The molecule has 26 heavy (non-hydrogen) atoms. The number of likely N-dealkylation sites (N-methyl/N-ethyl adjacent to an activating group) is 1. The van der Waals surface area contributed by atoms with Gasteiger partial charge in [-0.1, -0.05) is 12.1 Å². The molecule has 0 aliphatic carbocycles. The van der Waals surface area contributed by atoms with Crippen LogP contribution in [0.25, 0.3) is 22.5 Å². The van der Waals surface area contributed by atoms with Crippen LogP contribution in [0, 0.1) is 6.92 Å². The first-order valence-electron chi connectivity index (χ1n) is 8.44. The van der Waals surface area contributed by atoms with Gasteiger partial charge in [-0.15, -0.1) is 0 Å². The highest BCUT2D eigenvalue weighted by Crippen LogP contribution is 2.31. The standard InChI is InChI=1S/C20H22N4O2/c1-13-4-5-15(12-16(13)20(25)26)19-18(14-6-9-21-10-7-14)22-17(23-19)8-11-24(2)3/h4-7,9-10,12H,8,11H2,1-3H3,(H,22,23)(H,25,26). The van der Waals surface area contributed by atoms with Gasteiger partial charge in [0, 0.05) is 36.5 Å². The van der Waals surface area contributed by atoms with Gasteiger partial charge in [0.05, 0.1) is 17.0 Å². The number of rotatable bonds is 6. The highest BCUT2D eigenvalue weighted by atomic mass is 16.4. The Morgan fingerprint density at radius 3 is 2.54 bits per heavy atom. The second-order valence-electron chi connectivity index (χ2n) is 6.53. The van der Waals surface area contributed by atoms with E-state index in [9.17, 15) is 9.90 Å². The Bertz CT molecular complexity index is 917. The minimum Gasteiger partial charge on any atom is -0.478 e. The number of hydrogen-bond acceptors (Lipinski definition) is 4. The number of carboxylic acids is 1. The largest absolute Gasteiger partial charge is 0.478 e. The third-order valence-electron chi connectivity index (χ3n) is 4.26. The SMILES string of the molecule is Cc1ccc(-c2nc(CCN(C)C)[nH]c2-c2ccncc2)cc1C(=O)O. The Balaban J connectivity index is 2.10. The average Bonchev–Trinajstić information content (AvgIpc) is 3.05. The maximum atomic E-state index is 11.5. The van der Waals surface area contributed by atoms with Crippen molar-refractivity contribution in [3.8, 4) is 22.5 Å². The van der Waals surface area contributed by atoms with Crippen molar-refractivity contribution in [2.75, 3.05) is 20.6 Å². The predicted octanol–water partition coefficient (Wildman–Crippen LogP) is 3.25. The molecule has 0 radical (unpaired) electrons. The zero-order valence-corrected chi connectivity index (χ0v) is 15.2. The number of nitrogens with zero attached hydrogens (tertiary/aromatic N) is 3. The van der Waals surface area contributed by atoms with E-state index < -0.39 is 5.97 Å². The van der Waals surface area contributed by atoms with Crippen molar-refractivity contribution in [2.45, 2.75) is 13.3 Å². The van der Waals surface area contributed by atoms with E-state index in [4.69, 9.17) is 4.98 Å². The van der Waals surface area contributed by atoms with Crippen molar-refractivity contribution >= 4 is 5.97 Å². The van der Waals surface area contributed by atoms with Crippen LogP contribution in [-0.2, 0) is 6.42 Å². The zero-order valence-electron chi connectivity index (χ0n) is 15.2. The number of benzene rings is 1. The summed E-state index contributed by atoms with van der Waals surface area (Å²) in [4.78, 5) is 25.8. The first-order chi connectivity index (χ1) is 12.5. The van der Waals surface area contributed by atoms with Gasteiger partial charge in [0.25, 0.3) is 0 Å². The molecule has 134 valence electrons. The molecule has 0 atom stereocenters. The molecule has 2 N–H and O–H groups in total. The number of hydrogen-bond donors (Lipinski definition) is 2. The number of aryl methyl sites for hydroxylation is 1. The Morgan fingerprint density at radius 1 is 1.15 bits per heavy atom. The quantitative estimate of drug-likeness (QED) is 0.713. The number of aromatic carboxylic acids is 1. The van der Waals surface area contributed by atoms with Gasteiger partial charge in [-0.25, -0.2) is 9.78 Å². The third kappa shape index (κ3) is 3.81. The third-order valence-corrected chi connectivity index (χ3v) is 4.26. The molecule has 0 fully saturated rings. The lowest BCUT2D eigenvalue weighted by Gasteiger charge is -2.06. The van der Waals surface area contributed by atoms with Crippen LogP contribution in [0.1, 0.15) is 21.7 Å². The molecule has 0 aliphatic rings. The summed E-state index contributed by atoms with van der Waals surface area (Å²) >= 11 is 0. The van der Waals surface area contributed by atoms with Gasteiger partial charge in [-0.2, -0.15) is 0 Å². The van der Waals surface area contributed by atoms with E-state index in [1.807, 2.05) is 38.4 Å². The molecule has 0 amide bonds. The summed E-state index contributed by atoms with van der Waals surface area (Å²) in [6, 6.07) is 9.26. The first kappa shape index (κ1) is 17.8. The minimum atomic E-state index is -0.932. The Labute approximate surface area is 152 Å². The monoisotopic (exact) mass is 350 g/mol. The number of aromatic amines is 1. The lowest BCUT2D eigenvalue weighted by molar-refractivity contribution is 0.0696. The number of nitrogens with one attached hydrogen (secondary N) is 1. The summed E-state index contributed by atoms with van der Waals surface area (Å²) < 4.78 is 0. The molecule has 1 aromatic carbocycles. The molecule has 2 aromatic heterocycles. The van der Waals surface area contributed by atoms with Crippen LogP contribution in [0.3, 0.4) is 0 Å². The summed E-state index contributed by atoms with van der Waals surface area (Å²) in [6.07, 6.45) is 4.25. The fourth-order valence-corrected chi connectivity index (χ4v) is 2.81. The highest BCUT2D eigenvalue weighted by Gasteiger charge is 2.17. The van der Waals surface area contributed by atoms with E-state index in [1.165, 1.54) is 0 Å². The topological polar surface area (TPSA) is 82.1 Å². The van der Waals surface area contributed by atoms with Gasteiger partial charge in [0.2, 0.25) is 0 Å². The number of pyridine rings is 1. The van der Waals surface area contributed by atoms with Gasteiger partial charge < -0.3 is 15.0 Å². The van der Waals surface area contributed by atoms with Crippen LogP contribution in [0.5, 0.6) is 0 Å². The molecule has 0 bridgehead atoms. The molecular formula is C20H22N4O2. The molecule has 0 saturated carbocycles. The van der Waals surface area contributed by atoms with Gasteiger partial charge >= 0.3 is 5.97 Å². The molecule has 0 saturated heterocycles. The second-order valence-corrected chi connectivity index (χ2v) is 6.53. The summed E-state index contributed by atoms with van der Waals surface area (Å²) in [7, 11) is 4.04. The van der Waals surface area contributed by atoms with Crippen LogP contribution in [0.15, 0.2) is 42.7 Å². The van der Waals surface area contributed by atoms with Crippen LogP contribution in [0.4, 0.5) is 0 Å². The smallest absolute Gasteiger partial charge is 0.335 e. The van der Waals surface area contributed by atoms with E-state index in [0.29, 0.717) is 5.56 Å². The highest BCUT2D eigenvalue weighted by molar-refractivity contribution is 5.92.